The molecule has 1 heterocycles. The van der Waals surface area contributed by atoms with E-state index in [0.717, 1.165) is 12.8 Å². The van der Waals surface area contributed by atoms with Gasteiger partial charge in [-0.1, -0.05) is 33.3 Å². The van der Waals surface area contributed by atoms with E-state index < -0.39 is 5.60 Å². The Morgan fingerprint density at radius 1 is 1.47 bits per heavy atom. The summed E-state index contributed by atoms with van der Waals surface area (Å²) in [6.45, 7) is 6.77. The quantitative estimate of drug-likeness (QED) is 0.858. The molecular formula is C15H24OS. The first-order chi connectivity index (χ1) is 8.01. The van der Waals surface area contributed by atoms with Gasteiger partial charge in [0.2, 0.25) is 0 Å². The minimum absolute atomic E-state index is 0.459. The van der Waals surface area contributed by atoms with Crippen molar-refractivity contribution >= 4 is 11.3 Å². The SMILES string of the molecule is CC1CCC(C(C)C)C(O)(Cc2cccs2)C1. The molecule has 1 aromatic heterocycles. The van der Waals surface area contributed by atoms with Gasteiger partial charge in [0.15, 0.2) is 0 Å². The van der Waals surface area contributed by atoms with Crippen molar-refractivity contribution in [2.45, 2.75) is 52.1 Å². The fraction of sp³-hybridized carbons (Fsp3) is 0.733. The Kier molecular flexibility index (Phi) is 3.94. The monoisotopic (exact) mass is 252 g/mol. The largest absolute Gasteiger partial charge is 0.389 e. The Balaban J connectivity index is 2.16. The first-order valence-corrected chi connectivity index (χ1v) is 7.64. The topological polar surface area (TPSA) is 20.2 Å². The normalized spacial score (nSPS) is 34.2. The third-order valence-electron chi connectivity index (χ3n) is 4.23. The molecule has 1 nitrogen and oxygen atoms in total. The van der Waals surface area contributed by atoms with Gasteiger partial charge >= 0.3 is 0 Å². The van der Waals surface area contributed by atoms with E-state index in [1.165, 1.54) is 17.7 Å². The van der Waals surface area contributed by atoms with Crippen molar-refractivity contribution in [3.8, 4) is 0 Å². The number of hydrogen-bond donors (Lipinski definition) is 1. The van der Waals surface area contributed by atoms with Crippen LogP contribution in [0.5, 0.6) is 0 Å². The van der Waals surface area contributed by atoms with E-state index in [9.17, 15) is 5.11 Å². The van der Waals surface area contributed by atoms with Gasteiger partial charge in [0, 0.05) is 11.3 Å². The van der Waals surface area contributed by atoms with E-state index in [2.05, 4.69) is 38.3 Å². The van der Waals surface area contributed by atoms with Crippen molar-refractivity contribution in [2.24, 2.45) is 17.8 Å². The molecule has 17 heavy (non-hydrogen) atoms. The Morgan fingerprint density at radius 2 is 2.24 bits per heavy atom. The van der Waals surface area contributed by atoms with E-state index in [4.69, 9.17) is 0 Å². The minimum atomic E-state index is -0.476. The fourth-order valence-electron chi connectivity index (χ4n) is 3.46. The van der Waals surface area contributed by atoms with Gasteiger partial charge in [0.1, 0.15) is 0 Å². The Hall–Kier alpha value is -0.340. The van der Waals surface area contributed by atoms with Crippen molar-refractivity contribution < 1.29 is 5.11 Å². The van der Waals surface area contributed by atoms with Gasteiger partial charge in [-0.3, -0.25) is 0 Å². The van der Waals surface area contributed by atoms with Crippen LogP contribution in [-0.4, -0.2) is 10.7 Å². The Morgan fingerprint density at radius 3 is 2.82 bits per heavy atom. The van der Waals surface area contributed by atoms with Crippen molar-refractivity contribution in [3.63, 3.8) is 0 Å². The minimum Gasteiger partial charge on any atom is -0.389 e. The van der Waals surface area contributed by atoms with E-state index >= 15 is 0 Å². The molecule has 2 heteroatoms. The van der Waals surface area contributed by atoms with Crippen LogP contribution in [0.25, 0.3) is 0 Å². The number of thiophene rings is 1. The van der Waals surface area contributed by atoms with Crippen molar-refractivity contribution in [2.75, 3.05) is 0 Å². The molecule has 1 fully saturated rings. The first-order valence-electron chi connectivity index (χ1n) is 6.76. The number of rotatable bonds is 3. The predicted molar refractivity (Wildman–Crippen MR) is 74.3 cm³/mol. The summed E-state index contributed by atoms with van der Waals surface area (Å²) in [7, 11) is 0. The Labute approximate surface area is 109 Å². The second-order valence-corrected chi connectivity index (χ2v) is 7.13. The lowest BCUT2D eigenvalue weighted by molar-refractivity contribution is -0.0789. The van der Waals surface area contributed by atoms with Crippen LogP contribution in [0.3, 0.4) is 0 Å². The van der Waals surface area contributed by atoms with Crippen LogP contribution in [0.1, 0.15) is 44.9 Å². The van der Waals surface area contributed by atoms with E-state index in [0.29, 0.717) is 17.8 Å². The summed E-state index contributed by atoms with van der Waals surface area (Å²) < 4.78 is 0. The second-order valence-electron chi connectivity index (χ2n) is 6.10. The van der Waals surface area contributed by atoms with Crippen LogP contribution in [0.2, 0.25) is 0 Å². The summed E-state index contributed by atoms with van der Waals surface area (Å²) in [6.07, 6.45) is 4.27. The Bertz CT molecular complexity index is 344. The summed E-state index contributed by atoms with van der Waals surface area (Å²) in [5.41, 5.74) is -0.476. The average molecular weight is 252 g/mol. The van der Waals surface area contributed by atoms with E-state index in [1.807, 2.05) is 0 Å². The van der Waals surface area contributed by atoms with Crippen LogP contribution in [0, 0.1) is 17.8 Å². The second kappa shape index (κ2) is 5.11. The van der Waals surface area contributed by atoms with Crippen LogP contribution in [-0.2, 0) is 6.42 Å². The van der Waals surface area contributed by atoms with Gasteiger partial charge in [0.25, 0.3) is 0 Å². The fourth-order valence-corrected chi connectivity index (χ4v) is 4.28. The van der Waals surface area contributed by atoms with Gasteiger partial charge in [-0.15, -0.1) is 11.3 Å². The molecule has 2 rings (SSSR count). The summed E-state index contributed by atoms with van der Waals surface area (Å²) in [5.74, 6) is 1.70. The van der Waals surface area contributed by atoms with E-state index in [-0.39, 0.29) is 0 Å². The molecule has 1 aromatic rings. The van der Waals surface area contributed by atoms with Gasteiger partial charge in [-0.2, -0.15) is 0 Å². The highest BCUT2D eigenvalue weighted by atomic mass is 32.1. The number of hydrogen-bond acceptors (Lipinski definition) is 2. The zero-order chi connectivity index (χ0) is 12.5. The molecule has 0 spiro atoms. The highest BCUT2D eigenvalue weighted by molar-refractivity contribution is 7.09. The molecule has 3 unspecified atom stereocenters. The summed E-state index contributed by atoms with van der Waals surface area (Å²) in [6, 6.07) is 4.24. The smallest absolute Gasteiger partial charge is 0.0728 e. The molecule has 96 valence electrons. The standard InChI is InChI=1S/C15H24OS/c1-11(2)14-7-6-12(3)9-15(14,16)10-13-5-4-8-17-13/h4-5,8,11-12,14,16H,6-7,9-10H2,1-3H3. The zero-order valence-electron chi connectivity index (χ0n) is 11.1. The van der Waals surface area contributed by atoms with Crippen molar-refractivity contribution in [1.29, 1.82) is 0 Å². The molecule has 0 saturated heterocycles. The molecule has 0 aromatic carbocycles. The van der Waals surface area contributed by atoms with Gasteiger partial charge in [-0.05, 0) is 42.0 Å². The highest BCUT2D eigenvalue weighted by Gasteiger charge is 2.42. The van der Waals surface area contributed by atoms with Gasteiger partial charge in [-0.25, -0.2) is 0 Å². The van der Waals surface area contributed by atoms with Crippen LogP contribution >= 0.6 is 11.3 Å². The molecule has 1 N–H and O–H groups in total. The molecule has 3 atom stereocenters. The van der Waals surface area contributed by atoms with Gasteiger partial charge in [0.05, 0.1) is 5.60 Å². The maximum Gasteiger partial charge on any atom is 0.0728 e. The molecule has 0 aliphatic heterocycles. The average Bonchev–Trinajstić information content (AvgIpc) is 2.68. The molecule has 1 saturated carbocycles. The summed E-state index contributed by atoms with van der Waals surface area (Å²) in [5, 5.41) is 13.2. The molecule has 1 aliphatic carbocycles. The summed E-state index contributed by atoms with van der Waals surface area (Å²) >= 11 is 1.77. The third-order valence-corrected chi connectivity index (χ3v) is 5.10. The summed E-state index contributed by atoms with van der Waals surface area (Å²) in [4.78, 5) is 1.33. The predicted octanol–water partition coefficient (Wildman–Crippen LogP) is 4.11. The lowest BCUT2D eigenvalue weighted by Crippen LogP contribution is -2.47. The van der Waals surface area contributed by atoms with Crippen LogP contribution in [0.15, 0.2) is 17.5 Å². The van der Waals surface area contributed by atoms with Crippen molar-refractivity contribution in [1.82, 2.24) is 0 Å². The first kappa shape index (κ1) is 13.1. The maximum atomic E-state index is 11.1. The van der Waals surface area contributed by atoms with E-state index in [1.54, 1.807) is 11.3 Å². The third kappa shape index (κ3) is 2.92. The number of aliphatic hydroxyl groups is 1. The maximum absolute atomic E-state index is 11.1. The van der Waals surface area contributed by atoms with Crippen LogP contribution in [0.4, 0.5) is 0 Å². The highest BCUT2D eigenvalue weighted by Crippen LogP contribution is 2.43. The zero-order valence-corrected chi connectivity index (χ0v) is 12.0. The molecule has 0 amide bonds. The molecule has 1 aliphatic rings. The lowest BCUT2D eigenvalue weighted by Gasteiger charge is -2.44. The molecule has 0 radical (unpaired) electrons. The van der Waals surface area contributed by atoms with Crippen LogP contribution < -0.4 is 0 Å². The molecule has 0 bridgehead atoms. The van der Waals surface area contributed by atoms with Crippen molar-refractivity contribution in [3.05, 3.63) is 22.4 Å². The lowest BCUT2D eigenvalue weighted by atomic mass is 9.65. The van der Waals surface area contributed by atoms with Gasteiger partial charge < -0.3 is 5.11 Å². The molecular weight excluding hydrogens is 228 g/mol.